The number of ether oxygens (including phenoxy) is 2. The molecule has 1 amide bonds. The minimum absolute atomic E-state index is 0.0444. The lowest BCUT2D eigenvalue weighted by atomic mass is 9.91. The van der Waals surface area contributed by atoms with E-state index in [0.29, 0.717) is 28.1 Å². The Labute approximate surface area is 260 Å². The smallest absolute Gasteiger partial charge is 0.335 e. The highest BCUT2D eigenvalue weighted by Gasteiger charge is 2.38. The van der Waals surface area contributed by atoms with Crippen LogP contribution in [0.15, 0.2) is 102 Å². The van der Waals surface area contributed by atoms with Crippen molar-refractivity contribution >= 4 is 35.1 Å². The fourth-order valence-electron chi connectivity index (χ4n) is 5.03. The first-order valence-corrected chi connectivity index (χ1v) is 15.2. The van der Waals surface area contributed by atoms with Crippen LogP contribution in [0.2, 0.25) is 0 Å². The summed E-state index contributed by atoms with van der Waals surface area (Å²) in [5, 5.41) is 21.6. The van der Waals surface area contributed by atoms with Crippen molar-refractivity contribution in [3.05, 3.63) is 130 Å². The van der Waals surface area contributed by atoms with E-state index in [0.717, 1.165) is 16.0 Å². The first-order chi connectivity index (χ1) is 21.2. The molecule has 1 aliphatic rings. The van der Waals surface area contributed by atoms with Crippen molar-refractivity contribution in [2.75, 3.05) is 11.1 Å². The number of carbonyl (C=O) groups is 3. The van der Waals surface area contributed by atoms with Crippen LogP contribution in [-0.4, -0.2) is 39.7 Å². The van der Waals surface area contributed by atoms with E-state index in [9.17, 15) is 24.6 Å². The third-order valence-electron chi connectivity index (χ3n) is 7.59. The Morgan fingerprint density at radius 2 is 1.52 bits per heavy atom. The number of hydrogen-bond donors (Lipinski definition) is 3. The molecule has 226 valence electrons. The number of amides is 1. The van der Waals surface area contributed by atoms with Crippen molar-refractivity contribution in [3.8, 4) is 0 Å². The van der Waals surface area contributed by atoms with Gasteiger partial charge in [-0.15, -0.1) is 11.8 Å². The monoisotopic (exact) mass is 611 g/mol. The second kappa shape index (κ2) is 14.0. The summed E-state index contributed by atoms with van der Waals surface area (Å²) in [4.78, 5) is 37.1. The predicted molar refractivity (Wildman–Crippen MR) is 168 cm³/mol. The van der Waals surface area contributed by atoms with Crippen LogP contribution in [0.5, 0.6) is 0 Å². The Balaban J connectivity index is 1.38. The second-order valence-corrected chi connectivity index (χ2v) is 11.8. The Morgan fingerprint density at radius 1 is 0.818 bits per heavy atom. The van der Waals surface area contributed by atoms with Gasteiger partial charge in [-0.2, -0.15) is 0 Å². The summed E-state index contributed by atoms with van der Waals surface area (Å²) in [6.07, 6.45) is -1.33. The average Bonchev–Trinajstić information content (AvgIpc) is 3.04. The number of carboxylic acid groups (broad SMARTS) is 1. The minimum Gasteiger partial charge on any atom is -0.478 e. The number of thioether (sulfide) groups is 1. The number of aliphatic hydroxyl groups is 1. The van der Waals surface area contributed by atoms with Crippen molar-refractivity contribution < 1.29 is 34.1 Å². The van der Waals surface area contributed by atoms with E-state index in [2.05, 4.69) is 12.2 Å². The Morgan fingerprint density at radius 3 is 2.20 bits per heavy atom. The minimum atomic E-state index is -0.971. The molecular formula is C35H33NO7S. The van der Waals surface area contributed by atoms with Gasteiger partial charge in [0.2, 0.25) is 0 Å². The number of ketones is 1. The molecule has 0 spiro atoms. The number of hydrogen-bond acceptors (Lipinski definition) is 7. The molecule has 44 heavy (non-hydrogen) atoms. The largest absolute Gasteiger partial charge is 0.478 e. The molecule has 0 saturated carbocycles. The second-order valence-electron chi connectivity index (χ2n) is 10.7. The molecule has 0 radical (unpaired) electrons. The van der Waals surface area contributed by atoms with E-state index < -0.39 is 12.3 Å². The van der Waals surface area contributed by atoms with Crippen LogP contribution in [0.1, 0.15) is 74.0 Å². The van der Waals surface area contributed by atoms with Crippen LogP contribution in [0, 0.1) is 5.92 Å². The third kappa shape index (κ3) is 7.43. The zero-order valence-corrected chi connectivity index (χ0v) is 25.1. The van der Waals surface area contributed by atoms with Crippen LogP contribution in [-0.2, 0) is 16.1 Å². The van der Waals surface area contributed by atoms with Crippen LogP contribution < -0.4 is 5.32 Å². The number of aromatic carboxylic acids is 1. The number of carboxylic acids is 1. The van der Waals surface area contributed by atoms with Crippen molar-refractivity contribution in [2.24, 2.45) is 5.92 Å². The number of aliphatic hydroxyl groups excluding tert-OH is 1. The van der Waals surface area contributed by atoms with Gasteiger partial charge in [-0.1, -0.05) is 55.5 Å². The van der Waals surface area contributed by atoms with Crippen LogP contribution in [0.3, 0.4) is 0 Å². The molecule has 9 heteroatoms. The maximum absolute atomic E-state index is 13.2. The fraction of sp³-hybridized carbons (Fsp3) is 0.229. The standard InChI is InChI=1S/C35H33NO7S/c1-21-31(20-44-30-15-13-25(14-16-30)34(40)41)42-35(43-32(21)24-11-9-23(19-37)10-12-24)28-7-3-6-27(17-28)33(39)36-29-8-4-5-26(18-29)22(2)38/h3-18,21,31-32,35,37H,19-20H2,1-2H3,(H,36,39)(H,40,41)/t21-,31+,32+,35?/m0/s1. The maximum Gasteiger partial charge on any atom is 0.335 e. The molecule has 0 bridgehead atoms. The summed E-state index contributed by atoms with van der Waals surface area (Å²) < 4.78 is 13.0. The molecule has 1 unspecified atom stereocenters. The van der Waals surface area contributed by atoms with Crippen LogP contribution in [0.25, 0.3) is 0 Å². The number of rotatable bonds is 10. The normalized spacial score (nSPS) is 19.7. The Kier molecular flexibility index (Phi) is 9.92. The van der Waals surface area contributed by atoms with Gasteiger partial charge in [-0.25, -0.2) is 4.79 Å². The topological polar surface area (TPSA) is 122 Å². The van der Waals surface area contributed by atoms with Gasteiger partial charge in [0, 0.05) is 38.9 Å². The summed E-state index contributed by atoms with van der Waals surface area (Å²) >= 11 is 1.57. The van der Waals surface area contributed by atoms with E-state index in [4.69, 9.17) is 9.47 Å². The molecule has 4 atom stereocenters. The highest BCUT2D eigenvalue weighted by Crippen LogP contribution is 2.43. The van der Waals surface area contributed by atoms with E-state index in [-0.39, 0.29) is 42.0 Å². The van der Waals surface area contributed by atoms with Gasteiger partial charge in [0.15, 0.2) is 12.1 Å². The average molecular weight is 612 g/mol. The van der Waals surface area contributed by atoms with E-state index in [1.807, 2.05) is 30.3 Å². The van der Waals surface area contributed by atoms with Crippen molar-refractivity contribution in [2.45, 2.75) is 43.8 Å². The third-order valence-corrected chi connectivity index (χ3v) is 8.69. The van der Waals surface area contributed by atoms with Gasteiger partial charge >= 0.3 is 5.97 Å². The molecule has 1 saturated heterocycles. The van der Waals surface area contributed by atoms with E-state index in [1.54, 1.807) is 78.5 Å². The first-order valence-electron chi connectivity index (χ1n) is 14.2. The molecule has 3 N–H and O–H groups in total. The fourth-order valence-corrected chi connectivity index (χ4v) is 6.10. The zero-order chi connectivity index (χ0) is 31.2. The molecule has 1 heterocycles. The highest BCUT2D eigenvalue weighted by molar-refractivity contribution is 7.99. The molecule has 0 aromatic heterocycles. The molecule has 1 aliphatic heterocycles. The lowest BCUT2D eigenvalue weighted by Gasteiger charge is -2.41. The first kappa shape index (κ1) is 31.2. The molecule has 1 fully saturated rings. The molecule has 5 rings (SSSR count). The zero-order valence-electron chi connectivity index (χ0n) is 24.3. The summed E-state index contributed by atoms with van der Waals surface area (Å²) in [6.45, 7) is 3.49. The molecule has 0 aliphatic carbocycles. The number of carbonyl (C=O) groups excluding carboxylic acids is 2. The molecule has 4 aromatic carbocycles. The van der Waals surface area contributed by atoms with Crippen molar-refractivity contribution in [1.29, 1.82) is 0 Å². The van der Waals surface area contributed by atoms with Gasteiger partial charge in [-0.05, 0) is 66.6 Å². The summed E-state index contributed by atoms with van der Waals surface area (Å²) in [5.74, 6) is -0.844. The molecule has 8 nitrogen and oxygen atoms in total. The summed E-state index contributed by atoms with van der Waals surface area (Å²) in [5.41, 5.74) is 4.10. The van der Waals surface area contributed by atoms with Gasteiger partial charge in [0.1, 0.15) is 0 Å². The van der Waals surface area contributed by atoms with Crippen molar-refractivity contribution in [3.63, 3.8) is 0 Å². The SMILES string of the molecule is CC(=O)c1cccc(NC(=O)c2cccc(C3O[C@H](CSc4ccc(C(=O)O)cc4)[C@H](C)[C@H](c4ccc(CO)cc4)O3)c2)c1. The highest BCUT2D eigenvalue weighted by atomic mass is 32.2. The maximum atomic E-state index is 13.2. The van der Waals surface area contributed by atoms with Gasteiger partial charge in [0.05, 0.1) is 24.4 Å². The summed E-state index contributed by atoms with van der Waals surface area (Å²) in [7, 11) is 0. The quantitative estimate of drug-likeness (QED) is 0.131. The number of benzene rings is 4. The number of anilines is 1. The molecular weight excluding hydrogens is 578 g/mol. The van der Waals surface area contributed by atoms with Gasteiger partial charge < -0.3 is 25.0 Å². The lowest BCUT2D eigenvalue weighted by Crippen LogP contribution is -2.38. The van der Waals surface area contributed by atoms with Crippen LogP contribution >= 0.6 is 11.8 Å². The number of nitrogens with one attached hydrogen (secondary N) is 1. The van der Waals surface area contributed by atoms with E-state index >= 15 is 0 Å². The Hall–Kier alpha value is -4.28. The lowest BCUT2D eigenvalue weighted by molar-refractivity contribution is -0.268. The summed E-state index contributed by atoms with van der Waals surface area (Å²) in [6, 6.07) is 28.3. The Bertz CT molecular complexity index is 1640. The van der Waals surface area contributed by atoms with Gasteiger partial charge in [0.25, 0.3) is 5.91 Å². The van der Waals surface area contributed by atoms with E-state index in [1.165, 1.54) is 6.92 Å². The van der Waals surface area contributed by atoms with Crippen LogP contribution in [0.4, 0.5) is 5.69 Å². The van der Waals surface area contributed by atoms with Crippen molar-refractivity contribution in [1.82, 2.24) is 0 Å². The number of Topliss-reactive ketones (excluding diaryl/α,β-unsaturated/α-hetero) is 1. The van der Waals surface area contributed by atoms with Gasteiger partial charge in [-0.3, -0.25) is 9.59 Å². The molecule has 4 aromatic rings. The predicted octanol–water partition coefficient (Wildman–Crippen LogP) is 6.92.